The summed E-state index contributed by atoms with van der Waals surface area (Å²) in [7, 11) is 0. The van der Waals surface area contributed by atoms with Crippen molar-refractivity contribution in [3.63, 3.8) is 0 Å². The van der Waals surface area contributed by atoms with E-state index in [2.05, 4.69) is 15.5 Å². The third kappa shape index (κ3) is 5.20. The Bertz CT molecular complexity index is 690. The molecule has 1 aliphatic heterocycles. The molecule has 6 nitrogen and oxygen atoms in total. The summed E-state index contributed by atoms with van der Waals surface area (Å²) in [5.41, 5.74) is 0.728. The molecule has 2 aromatic rings. The number of likely N-dealkylation sites (tertiary alicyclic amines) is 1. The van der Waals surface area contributed by atoms with Crippen LogP contribution in [0.4, 0.5) is 9.18 Å². The average Bonchev–Trinajstić information content (AvgIpc) is 3.20. The van der Waals surface area contributed by atoms with Gasteiger partial charge >= 0.3 is 6.03 Å². The molecular formula is C18H23FN4O2S. The highest BCUT2D eigenvalue weighted by Gasteiger charge is 2.25. The molecule has 2 heterocycles. The van der Waals surface area contributed by atoms with Gasteiger partial charge in [-0.05, 0) is 36.6 Å². The Balaban J connectivity index is 1.27. The molecular weight excluding hydrogens is 355 g/mol. The first-order valence-electron chi connectivity index (χ1n) is 8.84. The number of rotatable bonds is 7. The summed E-state index contributed by atoms with van der Waals surface area (Å²) >= 11 is 1.68. The topological polar surface area (TPSA) is 71.3 Å². The number of carbonyl (C=O) groups is 1. The van der Waals surface area contributed by atoms with Gasteiger partial charge in [0.1, 0.15) is 5.82 Å². The molecule has 0 spiro atoms. The zero-order valence-electron chi connectivity index (χ0n) is 14.6. The largest absolute Gasteiger partial charge is 0.343 e. The summed E-state index contributed by atoms with van der Waals surface area (Å²) in [4.78, 5) is 18.1. The molecule has 0 bridgehead atoms. The highest BCUT2D eigenvalue weighted by atomic mass is 32.2. The predicted octanol–water partition coefficient (Wildman–Crippen LogP) is 3.42. The van der Waals surface area contributed by atoms with Crippen molar-refractivity contribution in [2.75, 3.05) is 25.4 Å². The van der Waals surface area contributed by atoms with Crippen molar-refractivity contribution < 1.29 is 13.7 Å². The zero-order chi connectivity index (χ0) is 18.2. The van der Waals surface area contributed by atoms with Crippen LogP contribution in [0.2, 0.25) is 0 Å². The number of benzene rings is 1. The van der Waals surface area contributed by atoms with Crippen molar-refractivity contribution in [2.45, 2.75) is 30.9 Å². The van der Waals surface area contributed by atoms with Gasteiger partial charge in [0.2, 0.25) is 6.39 Å². The molecule has 8 heteroatoms. The number of piperidine rings is 1. The molecule has 3 rings (SSSR count). The quantitative estimate of drug-likeness (QED) is 0.748. The monoisotopic (exact) mass is 378 g/mol. The minimum absolute atomic E-state index is 0.0179. The second-order valence-electron chi connectivity index (χ2n) is 6.28. The number of thioether (sulfide) groups is 1. The third-order valence-electron chi connectivity index (χ3n) is 4.48. The number of aromatic nitrogens is 2. The van der Waals surface area contributed by atoms with Crippen LogP contribution in [-0.4, -0.2) is 46.5 Å². The van der Waals surface area contributed by atoms with Gasteiger partial charge in [0.05, 0.1) is 0 Å². The molecule has 1 aromatic carbocycles. The minimum Gasteiger partial charge on any atom is -0.343 e. The Morgan fingerprint density at radius 2 is 2.15 bits per heavy atom. The predicted molar refractivity (Wildman–Crippen MR) is 98.4 cm³/mol. The molecule has 1 saturated heterocycles. The average molecular weight is 378 g/mol. The molecule has 0 aliphatic carbocycles. The number of amides is 2. The van der Waals surface area contributed by atoms with Crippen molar-refractivity contribution >= 4 is 17.8 Å². The lowest BCUT2D eigenvalue weighted by Gasteiger charge is -2.30. The van der Waals surface area contributed by atoms with Crippen LogP contribution in [0, 0.1) is 5.82 Å². The Morgan fingerprint density at radius 1 is 1.35 bits per heavy atom. The highest BCUT2D eigenvalue weighted by molar-refractivity contribution is 7.98. The van der Waals surface area contributed by atoms with E-state index in [0.717, 1.165) is 36.4 Å². The molecule has 0 unspecified atom stereocenters. The number of carbonyl (C=O) groups excluding carboxylic acids is 1. The van der Waals surface area contributed by atoms with Crippen LogP contribution < -0.4 is 5.32 Å². The lowest BCUT2D eigenvalue weighted by Crippen LogP contribution is -2.44. The zero-order valence-corrected chi connectivity index (χ0v) is 15.4. The Hall–Kier alpha value is -2.09. The summed E-state index contributed by atoms with van der Waals surface area (Å²) in [6.07, 6.45) is 3.92. The van der Waals surface area contributed by atoms with Gasteiger partial charge in [-0.3, -0.25) is 0 Å². The second kappa shape index (κ2) is 9.56. The fraction of sp³-hybridized carbons (Fsp3) is 0.500. The van der Waals surface area contributed by atoms with Gasteiger partial charge in [-0.25, -0.2) is 9.18 Å². The first-order chi connectivity index (χ1) is 12.7. The van der Waals surface area contributed by atoms with Crippen LogP contribution in [0.15, 0.2) is 35.2 Å². The summed E-state index contributed by atoms with van der Waals surface area (Å²) < 4.78 is 18.3. The minimum atomic E-state index is -0.155. The van der Waals surface area contributed by atoms with E-state index in [-0.39, 0.29) is 17.8 Å². The summed E-state index contributed by atoms with van der Waals surface area (Å²) in [6, 6.07) is 6.82. The Morgan fingerprint density at radius 3 is 2.88 bits per heavy atom. The molecule has 1 fully saturated rings. The van der Waals surface area contributed by atoms with Crippen molar-refractivity contribution in [1.29, 1.82) is 0 Å². The Labute approximate surface area is 156 Å². The fourth-order valence-corrected chi connectivity index (χ4v) is 3.93. The van der Waals surface area contributed by atoms with E-state index in [1.165, 1.54) is 12.5 Å². The number of halogens is 1. The van der Waals surface area contributed by atoms with Gasteiger partial charge in [0.25, 0.3) is 0 Å². The molecule has 1 aliphatic rings. The van der Waals surface area contributed by atoms with Crippen LogP contribution in [0.25, 0.3) is 0 Å². The van der Waals surface area contributed by atoms with Crippen molar-refractivity contribution in [1.82, 2.24) is 20.4 Å². The molecule has 1 aromatic heterocycles. The summed E-state index contributed by atoms with van der Waals surface area (Å²) in [5, 5.41) is 6.85. The van der Waals surface area contributed by atoms with Crippen LogP contribution in [0.3, 0.4) is 0 Å². The van der Waals surface area contributed by atoms with Crippen LogP contribution in [0.5, 0.6) is 0 Å². The van der Waals surface area contributed by atoms with E-state index in [9.17, 15) is 9.18 Å². The summed E-state index contributed by atoms with van der Waals surface area (Å²) in [5.74, 6) is 2.39. The number of nitrogens with zero attached hydrogens (tertiary/aromatic N) is 3. The standard InChI is InChI=1S/C18H23FN4O2S/c19-16-5-2-1-4-15(16)12-26-11-3-8-20-18(24)23-9-6-14(7-10-23)17-21-13-25-22-17/h1-2,4-5,13-14H,3,6-12H2,(H,20,24). The van der Waals surface area contributed by atoms with E-state index in [0.29, 0.717) is 25.4 Å². The maximum Gasteiger partial charge on any atom is 0.317 e. The maximum atomic E-state index is 13.5. The van der Waals surface area contributed by atoms with Gasteiger partial charge < -0.3 is 14.7 Å². The lowest BCUT2D eigenvalue weighted by molar-refractivity contribution is 0.180. The molecule has 140 valence electrons. The summed E-state index contributed by atoms with van der Waals surface area (Å²) in [6.45, 7) is 2.04. The van der Waals surface area contributed by atoms with E-state index in [1.807, 2.05) is 17.0 Å². The van der Waals surface area contributed by atoms with Crippen LogP contribution in [-0.2, 0) is 5.75 Å². The molecule has 2 amide bonds. The smallest absolute Gasteiger partial charge is 0.317 e. The van der Waals surface area contributed by atoms with Crippen LogP contribution in [0.1, 0.15) is 36.6 Å². The highest BCUT2D eigenvalue weighted by Crippen LogP contribution is 2.25. The molecule has 26 heavy (non-hydrogen) atoms. The molecule has 1 N–H and O–H groups in total. The van der Waals surface area contributed by atoms with Crippen LogP contribution >= 0.6 is 11.8 Å². The first-order valence-corrected chi connectivity index (χ1v) is 9.99. The second-order valence-corrected chi connectivity index (χ2v) is 7.39. The van der Waals surface area contributed by atoms with E-state index in [4.69, 9.17) is 4.52 Å². The number of nitrogens with one attached hydrogen (secondary N) is 1. The first kappa shape index (κ1) is 18.7. The van der Waals surface area contributed by atoms with Gasteiger partial charge in [-0.15, -0.1) is 0 Å². The van der Waals surface area contributed by atoms with Crippen molar-refractivity contribution in [3.05, 3.63) is 47.9 Å². The third-order valence-corrected chi connectivity index (χ3v) is 5.58. The molecule has 0 atom stereocenters. The molecule has 0 radical (unpaired) electrons. The Kier molecular flexibility index (Phi) is 6.88. The normalized spacial score (nSPS) is 15.2. The van der Waals surface area contributed by atoms with Gasteiger partial charge in [-0.2, -0.15) is 16.7 Å². The van der Waals surface area contributed by atoms with Gasteiger partial charge in [-0.1, -0.05) is 23.4 Å². The van der Waals surface area contributed by atoms with E-state index < -0.39 is 0 Å². The fourth-order valence-electron chi connectivity index (χ4n) is 2.98. The van der Waals surface area contributed by atoms with E-state index in [1.54, 1.807) is 17.8 Å². The number of hydrogen-bond acceptors (Lipinski definition) is 5. The van der Waals surface area contributed by atoms with Gasteiger partial charge in [0, 0.05) is 31.3 Å². The maximum absolute atomic E-state index is 13.5. The number of hydrogen-bond donors (Lipinski definition) is 1. The SMILES string of the molecule is O=C(NCCCSCc1ccccc1F)N1CCC(c2ncon2)CC1. The lowest BCUT2D eigenvalue weighted by atomic mass is 9.96. The van der Waals surface area contributed by atoms with Gasteiger partial charge in [0.15, 0.2) is 5.82 Å². The molecule has 0 saturated carbocycles. The van der Waals surface area contributed by atoms with Crippen molar-refractivity contribution in [2.24, 2.45) is 0 Å². The number of urea groups is 1. The van der Waals surface area contributed by atoms with E-state index >= 15 is 0 Å². The van der Waals surface area contributed by atoms with Crippen molar-refractivity contribution in [3.8, 4) is 0 Å².